The van der Waals surface area contributed by atoms with Crippen LogP contribution in [0.2, 0.25) is 0 Å². The van der Waals surface area contributed by atoms with Crippen molar-refractivity contribution in [3.05, 3.63) is 35.1 Å². The summed E-state index contributed by atoms with van der Waals surface area (Å²) < 4.78 is 13.9. The highest BCUT2D eigenvalue weighted by Gasteiger charge is 2.25. The average Bonchev–Trinajstić information content (AvgIpc) is 2.41. The van der Waals surface area contributed by atoms with Gasteiger partial charge in [0, 0.05) is 24.7 Å². The van der Waals surface area contributed by atoms with Crippen LogP contribution in [0.5, 0.6) is 0 Å². The lowest BCUT2D eigenvalue weighted by Gasteiger charge is -2.36. The molecule has 0 heterocycles. The van der Waals surface area contributed by atoms with Crippen LogP contribution in [0, 0.1) is 11.7 Å². The van der Waals surface area contributed by atoms with Crippen LogP contribution in [0.4, 0.5) is 4.39 Å². The number of benzene rings is 1. The van der Waals surface area contributed by atoms with Gasteiger partial charge in [-0.25, -0.2) is 4.39 Å². The molecule has 2 unspecified atom stereocenters. The van der Waals surface area contributed by atoms with Crippen LogP contribution >= 0.6 is 0 Å². The van der Waals surface area contributed by atoms with E-state index >= 15 is 0 Å². The second-order valence-corrected chi connectivity index (χ2v) is 5.87. The molecule has 0 amide bonds. The Labute approximate surface area is 115 Å². The molecule has 0 aliphatic heterocycles. The van der Waals surface area contributed by atoms with Gasteiger partial charge in [-0.1, -0.05) is 31.9 Å². The third-order valence-corrected chi connectivity index (χ3v) is 4.40. The summed E-state index contributed by atoms with van der Waals surface area (Å²) in [5, 5.41) is 0. The largest absolute Gasteiger partial charge is 0.326 e. The number of halogens is 1. The number of nitrogens with two attached hydrogens (primary N) is 1. The summed E-state index contributed by atoms with van der Waals surface area (Å²) in [7, 11) is 2.11. The molecule has 0 bridgehead atoms. The van der Waals surface area contributed by atoms with Crippen molar-refractivity contribution in [3.63, 3.8) is 0 Å². The fourth-order valence-electron chi connectivity index (χ4n) is 3.21. The average molecular weight is 264 g/mol. The first-order chi connectivity index (χ1) is 9.11. The predicted molar refractivity (Wildman–Crippen MR) is 77.2 cm³/mol. The zero-order chi connectivity index (χ0) is 13.8. The number of hydrogen-bond acceptors (Lipinski definition) is 2. The molecule has 106 valence electrons. The van der Waals surface area contributed by atoms with Crippen LogP contribution in [0.15, 0.2) is 18.2 Å². The lowest BCUT2D eigenvalue weighted by atomic mass is 9.85. The second-order valence-electron chi connectivity index (χ2n) is 5.87. The third-order valence-electron chi connectivity index (χ3n) is 4.40. The third kappa shape index (κ3) is 3.54. The number of rotatable bonds is 4. The van der Waals surface area contributed by atoms with Crippen LogP contribution in [-0.4, -0.2) is 18.0 Å². The van der Waals surface area contributed by atoms with Crippen molar-refractivity contribution in [1.82, 2.24) is 4.90 Å². The molecule has 1 aliphatic carbocycles. The highest BCUT2D eigenvalue weighted by Crippen LogP contribution is 2.28. The van der Waals surface area contributed by atoms with Crippen LogP contribution in [0.1, 0.15) is 43.7 Å². The van der Waals surface area contributed by atoms with Crippen molar-refractivity contribution < 1.29 is 4.39 Å². The van der Waals surface area contributed by atoms with E-state index in [1.54, 1.807) is 6.07 Å². The van der Waals surface area contributed by atoms with Gasteiger partial charge in [-0.05, 0) is 37.4 Å². The SMILES string of the molecule is CC1CCCCC1N(C)Cc1cc(CN)ccc1F. The highest BCUT2D eigenvalue weighted by molar-refractivity contribution is 5.25. The Morgan fingerprint density at radius 1 is 1.32 bits per heavy atom. The number of hydrogen-bond donors (Lipinski definition) is 1. The summed E-state index contributed by atoms with van der Waals surface area (Å²) in [5.74, 6) is 0.590. The van der Waals surface area contributed by atoms with Crippen molar-refractivity contribution in [2.24, 2.45) is 11.7 Å². The topological polar surface area (TPSA) is 29.3 Å². The molecular weight excluding hydrogens is 239 g/mol. The molecule has 0 spiro atoms. The van der Waals surface area contributed by atoms with Crippen LogP contribution in [-0.2, 0) is 13.1 Å². The molecule has 2 atom stereocenters. The van der Waals surface area contributed by atoms with Gasteiger partial charge >= 0.3 is 0 Å². The molecule has 1 aromatic carbocycles. The van der Waals surface area contributed by atoms with E-state index in [9.17, 15) is 4.39 Å². The minimum atomic E-state index is -0.118. The Kier molecular flexibility index (Phi) is 4.94. The fraction of sp³-hybridized carbons (Fsp3) is 0.625. The molecule has 1 aliphatic rings. The van der Waals surface area contributed by atoms with Gasteiger partial charge in [-0.3, -0.25) is 4.90 Å². The van der Waals surface area contributed by atoms with Crippen LogP contribution in [0.3, 0.4) is 0 Å². The standard InChI is InChI=1S/C16H25FN2/c1-12-5-3-4-6-16(12)19(2)11-14-9-13(10-18)7-8-15(14)17/h7-9,12,16H,3-6,10-11,18H2,1-2H3. The zero-order valence-corrected chi connectivity index (χ0v) is 12.0. The lowest BCUT2D eigenvalue weighted by Crippen LogP contribution is -2.38. The Bertz CT molecular complexity index is 419. The van der Waals surface area contributed by atoms with Crippen LogP contribution < -0.4 is 5.73 Å². The Balaban J connectivity index is 2.07. The zero-order valence-electron chi connectivity index (χ0n) is 12.0. The maximum absolute atomic E-state index is 13.9. The number of nitrogens with zero attached hydrogens (tertiary/aromatic N) is 1. The summed E-state index contributed by atoms with van der Waals surface area (Å²) in [4.78, 5) is 2.31. The summed E-state index contributed by atoms with van der Waals surface area (Å²) in [6.07, 6.45) is 5.16. The fourth-order valence-corrected chi connectivity index (χ4v) is 3.21. The van der Waals surface area contributed by atoms with E-state index in [-0.39, 0.29) is 5.82 Å². The summed E-state index contributed by atoms with van der Waals surface area (Å²) in [5.41, 5.74) is 7.40. The molecule has 2 N–H and O–H groups in total. The van der Waals surface area contributed by atoms with Gasteiger partial charge in [0.15, 0.2) is 0 Å². The van der Waals surface area contributed by atoms with Crippen molar-refractivity contribution >= 4 is 0 Å². The Morgan fingerprint density at radius 2 is 2.05 bits per heavy atom. The van der Waals surface area contributed by atoms with E-state index in [0.29, 0.717) is 25.0 Å². The first-order valence-corrected chi connectivity index (χ1v) is 7.29. The smallest absolute Gasteiger partial charge is 0.127 e. The molecule has 0 aromatic heterocycles. The molecule has 1 fully saturated rings. The molecule has 0 radical (unpaired) electrons. The van der Waals surface area contributed by atoms with E-state index in [1.165, 1.54) is 31.7 Å². The predicted octanol–water partition coefficient (Wildman–Crippen LogP) is 3.29. The molecule has 1 aromatic rings. The molecule has 0 saturated heterocycles. The molecule has 2 nitrogen and oxygen atoms in total. The van der Waals surface area contributed by atoms with Gasteiger partial charge in [0.2, 0.25) is 0 Å². The summed E-state index contributed by atoms with van der Waals surface area (Å²) in [6.45, 7) is 3.46. The summed E-state index contributed by atoms with van der Waals surface area (Å²) in [6, 6.07) is 5.78. The maximum Gasteiger partial charge on any atom is 0.127 e. The van der Waals surface area contributed by atoms with Gasteiger partial charge in [0.1, 0.15) is 5.82 Å². The van der Waals surface area contributed by atoms with Gasteiger partial charge in [0.05, 0.1) is 0 Å². The van der Waals surface area contributed by atoms with Gasteiger partial charge in [-0.2, -0.15) is 0 Å². The van der Waals surface area contributed by atoms with Crippen molar-refractivity contribution in [3.8, 4) is 0 Å². The Hall–Kier alpha value is -0.930. The minimum absolute atomic E-state index is 0.118. The molecule has 2 rings (SSSR count). The molecule has 3 heteroatoms. The second kappa shape index (κ2) is 6.49. The van der Waals surface area contributed by atoms with Gasteiger partial charge in [-0.15, -0.1) is 0 Å². The van der Waals surface area contributed by atoms with Crippen LogP contribution in [0.25, 0.3) is 0 Å². The van der Waals surface area contributed by atoms with E-state index in [0.717, 1.165) is 11.1 Å². The lowest BCUT2D eigenvalue weighted by molar-refractivity contribution is 0.132. The van der Waals surface area contributed by atoms with Crippen molar-refractivity contribution in [1.29, 1.82) is 0 Å². The van der Waals surface area contributed by atoms with Gasteiger partial charge in [0.25, 0.3) is 0 Å². The maximum atomic E-state index is 13.9. The molecule has 19 heavy (non-hydrogen) atoms. The first kappa shape index (κ1) is 14.5. The van der Waals surface area contributed by atoms with Crippen molar-refractivity contribution in [2.75, 3.05) is 7.05 Å². The van der Waals surface area contributed by atoms with E-state index in [1.807, 2.05) is 6.07 Å². The van der Waals surface area contributed by atoms with E-state index in [4.69, 9.17) is 5.73 Å². The molecule has 1 saturated carbocycles. The Morgan fingerprint density at radius 3 is 2.74 bits per heavy atom. The van der Waals surface area contributed by atoms with Crippen molar-refractivity contribution in [2.45, 2.75) is 51.7 Å². The highest BCUT2D eigenvalue weighted by atomic mass is 19.1. The normalized spacial score (nSPS) is 23.8. The minimum Gasteiger partial charge on any atom is -0.326 e. The molecular formula is C16H25FN2. The quantitative estimate of drug-likeness (QED) is 0.904. The summed E-state index contributed by atoms with van der Waals surface area (Å²) >= 11 is 0. The van der Waals surface area contributed by atoms with Gasteiger partial charge < -0.3 is 5.73 Å². The monoisotopic (exact) mass is 264 g/mol. The first-order valence-electron chi connectivity index (χ1n) is 7.29. The van der Waals surface area contributed by atoms with E-state index in [2.05, 4.69) is 18.9 Å². The van der Waals surface area contributed by atoms with E-state index < -0.39 is 0 Å².